The predicted molar refractivity (Wildman–Crippen MR) is 97.7 cm³/mol. The summed E-state index contributed by atoms with van der Waals surface area (Å²) in [4.78, 5) is 15.0. The monoisotopic (exact) mass is 444 g/mol. The number of halogens is 3. The standard InChI is InChI=1S/C14H26N4O3S.C2HF3O2/c1-12-13(5-6-16(2)3)10-21-8-7-18(12)22(19,20)14-9-17(4)11-15-14;3-2(4,5)1(6)7/h9,11-13H,5-8,10H2,1-4H3;(H,6,7)/t12-,13+;/m0./s1. The second-order valence-electron chi connectivity index (χ2n) is 6.96. The van der Waals surface area contributed by atoms with E-state index in [9.17, 15) is 21.6 Å². The van der Waals surface area contributed by atoms with Crippen molar-refractivity contribution in [2.45, 2.75) is 30.6 Å². The second kappa shape index (κ2) is 10.4. The molecule has 0 aliphatic carbocycles. The molecule has 168 valence electrons. The van der Waals surface area contributed by atoms with Gasteiger partial charge in [-0.25, -0.2) is 18.2 Å². The maximum absolute atomic E-state index is 12.8. The van der Waals surface area contributed by atoms with E-state index in [2.05, 4.69) is 9.88 Å². The molecule has 9 nitrogen and oxygen atoms in total. The van der Waals surface area contributed by atoms with E-state index in [1.54, 1.807) is 22.1 Å². The average molecular weight is 444 g/mol. The number of aromatic nitrogens is 2. The number of hydrogen-bond acceptors (Lipinski definition) is 6. The minimum atomic E-state index is -5.08. The van der Waals surface area contributed by atoms with Crippen LogP contribution in [0.3, 0.4) is 0 Å². The molecular weight excluding hydrogens is 417 g/mol. The number of imidazole rings is 1. The van der Waals surface area contributed by atoms with Crippen LogP contribution in [0.4, 0.5) is 13.2 Å². The number of carbonyl (C=O) groups is 1. The van der Waals surface area contributed by atoms with Crippen molar-refractivity contribution in [1.29, 1.82) is 0 Å². The van der Waals surface area contributed by atoms with Gasteiger partial charge in [-0.2, -0.15) is 17.5 Å². The van der Waals surface area contributed by atoms with Crippen LogP contribution in [0.1, 0.15) is 13.3 Å². The number of nitrogens with zero attached hydrogens (tertiary/aromatic N) is 4. The highest BCUT2D eigenvalue weighted by Gasteiger charge is 2.38. The molecule has 2 rings (SSSR count). The van der Waals surface area contributed by atoms with Crippen molar-refractivity contribution in [3.63, 3.8) is 0 Å². The highest BCUT2D eigenvalue weighted by molar-refractivity contribution is 7.89. The second-order valence-corrected chi connectivity index (χ2v) is 8.80. The van der Waals surface area contributed by atoms with Gasteiger partial charge in [-0.1, -0.05) is 0 Å². The Balaban J connectivity index is 0.000000516. The van der Waals surface area contributed by atoms with E-state index >= 15 is 0 Å². The number of ether oxygens (including phenoxy) is 1. The molecule has 29 heavy (non-hydrogen) atoms. The van der Waals surface area contributed by atoms with Crippen LogP contribution in [0.15, 0.2) is 17.6 Å². The van der Waals surface area contributed by atoms with Crippen LogP contribution in [0, 0.1) is 5.92 Å². The van der Waals surface area contributed by atoms with Crippen LogP contribution < -0.4 is 0 Å². The normalized spacial score (nSPS) is 21.4. The van der Waals surface area contributed by atoms with Crippen molar-refractivity contribution in [2.75, 3.05) is 40.4 Å². The number of hydrogen-bond donors (Lipinski definition) is 1. The number of carboxylic acids is 1. The van der Waals surface area contributed by atoms with Crippen molar-refractivity contribution in [3.05, 3.63) is 12.5 Å². The molecule has 1 aromatic rings. The number of alkyl halides is 3. The summed E-state index contributed by atoms with van der Waals surface area (Å²) >= 11 is 0. The number of rotatable bonds is 5. The molecule has 0 amide bonds. The Morgan fingerprint density at radius 3 is 2.45 bits per heavy atom. The van der Waals surface area contributed by atoms with E-state index < -0.39 is 22.2 Å². The topological polar surface area (TPSA) is 105 Å². The molecule has 0 saturated carbocycles. The van der Waals surface area contributed by atoms with E-state index in [1.807, 2.05) is 21.0 Å². The Morgan fingerprint density at radius 2 is 2.00 bits per heavy atom. The van der Waals surface area contributed by atoms with Gasteiger partial charge in [0.15, 0.2) is 5.03 Å². The van der Waals surface area contributed by atoms with E-state index in [1.165, 1.54) is 6.33 Å². The van der Waals surface area contributed by atoms with Crippen LogP contribution in [-0.4, -0.2) is 90.9 Å². The van der Waals surface area contributed by atoms with Gasteiger partial charge in [0.1, 0.15) is 0 Å². The number of aliphatic carboxylic acids is 1. The average Bonchev–Trinajstić information content (AvgIpc) is 2.94. The van der Waals surface area contributed by atoms with E-state index in [0.717, 1.165) is 13.0 Å². The minimum Gasteiger partial charge on any atom is -0.475 e. The van der Waals surface area contributed by atoms with Gasteiger partial charge in [-0.3, -0.25) is 0 Å². The maximum atomic E-state index is 12.8. The lowest BCUT2D eigenvalue weighted by atomic mass is 9.98. The van der Waals surface area contributed by atoms with E-state index in [-0.39, 0.29) is 17.0 Å². The molecule has 1 saturated heterocycles. The van der Waals surface area contributed by atoms with Crippen LogP contribution in [0.2, 0.25) is 0 Å². The van der Waals surface area contributed by atoms with E-state index in [4.69, 9.17) is 14.6 Å². The Kier molecular flexibility index (Phi) is 9.06. The molecular formula is C16H27F3N4O5S. The lowest BCUT2D eigenvalue weighted by Crippen LogP contribution is -2.43. The summed E-state index contributed by atoms with van der Waals surface area (Å²) in [5.74, 6) is -2.57. The first-order chi connectivity index (χ1) is 13.3. The summed E-state index contributed by atoms with van der Waals surface area (Å²) in [6.45, 7) is 4.28. The summed E-state index contributed by atoms with van der Waals surface area (Å²) in [7, 11) is 2.22. The van der Waals surface area contributed by atoms with Crippen molar-refractivity contribution in [2.24, 2.45) is 13.0 Å². The lowest BCUT2D eigenvalue weighted by molar-refractivity contribution is -0.192. The fourth-order valence-corrected chi connectivity index (χ4v) is 4.34. The largest absolute Gasteiger partial charge is 0.490 e. The first-order valence-corrected chi connectivity index (χ1v) is 10.2. The first-order valence-electron chi connectivity index (χ1n) is 8.79. The Bertz CT molecular complexity index is 767. The number of carboxylic acid groups (broad SMARTS) is 1. The van der Waals surface area contributed by atoms with Gasteiger partial charge in [0.05, 0.1) is 19.5 Å². The fraction of sp³-hybridized carbons (Fsp3) is 0.750. The zero-order valence-corrected chi connectivity index (χ0v) is 17.6. The molecule has 0 aromatic carbocycles. The van der Waals surface area contributed by atoms with Gasteiger partial charge < -0.3 is 19.3 Å². The molecule has 2 atom stereocenters. The quantitative estimate of drug-likeness (QED) is 0.723. The van der Waals surface area contributed by atoms with Crippen LogP contribution in [0.5, 0.6) is 0 Å². The Hall–Kier alpha value is -1.70. The molecule has 1 aliphatic heterocycles. The molecule has 2 heterocycles. The van der Waals surface area contributed by atoms with Gasteiger partial charge in [0.25, 0.3) is 10.0 Å². The summed E-state index contributed by atoms with van der Waals surface area (Å²) in [5, 5.41) is 7.23. The zero-order chi connectivity index (χ0) is 22.4. The summed E-state index contributed by atoms with van der Waals surface area (Å²) < 4.78 is 66.2. The molecule has 0 radical (unpaired) electrons. The highest BCUT2D eigenvalue weighted by Crippen LogP contribution is 2.25. The van der Waals surface area contributed by atoms with Crippen molar-refractivity contribution >= 4 is 16.0 Å². The smallest absolute Gasteiger partial charge is 0.475 e. The lowest BCUT2D eigenvalue weighted by Gasteiger charge is -2.30. The van der Waals surface area contributed by atoms with Crippen LogP contribution in [0.25, 0.3) is 0 Å². The minimum absolute atomic E-state index is 0.102. The maximum Gasteiger partial charge on any atom is 0.490 e. The van der Waals surface area contributed by atoms with Crippen molar-refractivity contribution in [1.82, 2.24) is 18.8 Å². The van der Waals surface area contributed by atoms with Gasteiger partial charge in [0, 0.05) is 25.8 Å². The zero-order valence-electron chi connectivity index (χ0n) is 16.8. The van der Waals surface area contributed by atoms with Gasteiger partial charge in [-0.15, -0.1) is 0 Å². The SMILES string of the molecule is C[C@H]1[C@H](CCN(C)C)COCCN1S(=O)(=O)c1cn(C)cn1.O=C(O)C(F)(F)F. The molecule has 1 N–H and O–H groups in total. The van der Waals surface area contributed by atoms with Gasteiger partial charge in [0.2, 0.25) is 0 Å². The molecule has 1 aromatic heterocycles. The third-order valence-corrected chi connectivity index (χ3v) is 6.24. The molecule has 0 unspecified atom stereocenters. The molecule has 1 aliphatic rings. The summed E-state index contributed by atoms with van der Waals surface area (Å²) in [6.07, 6.45) is -1.12. The third kappa shape index (κ3) is 7.57. The van der Waals surface area contributed by atoms with Crippen molar-refractivity contribution in [3.8, 4) is 0 Å². The van der Waals surface area contributed by atoms with Crippen LogP contribution in [-0.2, 0) is 26.6 Å². The van der Waals surface area contributed by atoms with Gasteiger partial charge >= 0.3 is 12.1 Å². The molecule has 1 fully saturated rings. The third-order valence-electron chi connectivity index (χ3n) is 4.37. The number of sulfonamides is 1. The highest BCUT2D eigenvalue weighted by atomic mass is 32.2. The molecule has 13 heteroatoms. The van der Waals surface area contributed by atoms with Crippen molar-refractivity contribution < 1.29 is 36.2 Å². The number of aryl methyl sites for hydroxylation is 1. The Morgan fingerprint density at radius 1 is 1.41 bits per heavy atom. The predicted octanol–water partition coefficient (Wildman–Crippen LogP) is 1.03. The summed E-state index contributed by atoms with van der Waals surface area (Å²) in [5.41, 5.74) is 0. The first kappa shape index (κ1) is 25.3. The fourth-order valence-electron chi connectivity index (χ4n) is 2.70. The van der Waals surface area contributed by atoms with Crippen LogP contribution >= 0.6 is 0 Å². The molecule has 0 bridgehead atoms. The van der Waals surface area contributed by atoms with E-state index in [0.29, 0.717) is 19.8 Å². The molecule has 0 spiro atoms. The Labute approximate surface area is 168 Å². The summed E-state index contributed by atoms with van der Waals surface area (Å²) in [6, 6.07) is -0.102. The van der Waals surface area contributed by atoms with Gasteiger partial charge in [-0.05, 0) is 39.9 Å².